The molecule has 7 nitrogen and oxygen atoms in total. The Labute approximate surface area is 184 Å². The maximum Gasteiger partial charge on any atom is 0.415 e. The number of anilines is 2. The van der Waals surface area contributed by atoms with Crippen LogP contribution in [0.15, 0.2) is 54.9 Å². The summed E-state index contributed by atoms with van der Waals surface area (Å²) in [5, 5.41) is 3.44. The zero-order valence-corrected chi connectivity index (χ0v) is 18.6. The van der Waals surface area contributed by atoms with Crippen LogP contribution in [0.5, 0.6) is 0 Å². The SMILES string of the molecule is CC(C)(C)OC(=O)N(CC(=O)N1CCC(CNc2ccncc2)CC1)c1ccccc1. The molecule has 1 aliphatic rings. The van der Waals surface area contributed by atoms with E-state index >= 15 is 0 Å². The van der Waals surface area contributed by atoms with Gasteiger partial charge in [0.15, 0.2) is 0 Å². The third-order valence-corrected chi connectivity index (χ3v) is 5.22. The third-order valence-electron chi connectivity index (χ3n) is 5.22. The minimum Gasteiger partial charge on any atom is -0.443 e. The van der Waals surface area contributed by atoms with E-state index in [0.29, 0.717) is 24.7 Å². The number of pyridine rings is 1. The molecule has 0 saturated carbocycles. The minimum atomic E-state index is -0.632. The van der Waals surface area contributed by atoms with Crippen molar-refractivity contribution in [2.45, 2.75) is 39.2 Å². The van der Waals surface area contributed by atoms with Crippen LogP contribution in [0.25, 0.3) is 0 Å². The predicted molar refractivity (Wildman–Crippen MR) is 122 cm³/mol. The van der Waals surface area contributed by atoms with Gasteiger partial charge in [-0.2, -0.15) is 0 Å². The molecule has 0 spiro atoms. The molecule has 1 N–H and O–H groups in total. The van der Waals surface area contributed by atoms with E-state index in [4.69, 9.17) is 4.74 Å². The van der Waals surface area contributed by atoms with Crippen LogP contribution in [0, 0.1) is 5.92 Å². The molecule has 1 fully saturated rings. The van der Waals surface area contributed by atoms with Gasteiger partial charge in [-0.25, -0.2) is 4.79 Å². The predicted octanol–water partition coefficient (Wildman–Crippen LogP) is 4.17. The molecule has 1 aromatic heterocycles. The van der Waals surface area contributed by atoms with Crippen molar-refractivity contribution in [3.8, 4) is 0 Å². The first-order valence-corrected chi connectivity index (χ1v) is 10.8. The van der Waals surface area contributed by atoms with Gasteiger partial charge in [-0.05, 0) is 63.8 Å². The normalized spacial score (nSPS) is 14.7. The number of benzene rings is 1. The molecule has 166 valence electrons. The summed E-state index contributed by atoms with van der Waals surface area (Å²) in [6.45, 7) is 7.69. The summed E-state index contributed by atoms with van der Waals surface area (Å²) in [5.41, 5.74) is 1.08. The highest BCUT2D eigenvalue weighted by atomic mass is 16.6. The molecular weight excluding hydrogens is 392 g/mol. The number of para-hydroxylation sites is 1. The molecule has 0 unspecified atom stereocenters. The fourth-order valence-electron chi connectivity index (χ4n) is 3.54. The van der Waals surface area contributed by atoms with E-state index < -0.39 is 11.7 Å². The van der Waals surface area contributed by atoms with Gasteiger partial charge in [0.25, 0.3) is 0 Å². The number of carbonyl (C=O) groups is 2. The quantitative estimate of drug-likeness (QED) is 0.753. The lowest BCUT2D eigenvalue weighted by atomic mass is 9.96. The van der Waals surface area contributed by atoms with E-state index in [2.05, 4.69) is 10.3 Å². The van der Waals surface area contributed by atoms with Crippen molar-refractivity contribution in [3.05, 3.63) is 54.9 Å². The third kappa shape index (κ3) is 6.98. The van der Waals surface area contributed by atoms with Crippen molar-refractivity contribution in [2.24, 2.45) is 5.92 Å². The lowest BCUT2D eigenvalue weighted by molar-refractivity contribution is -0.131. The molecule has 1 saturated heterocycles. The smallest absolute Gasteiger partial charge is 0.415 e. The van der Waals surface area contributed by atoms with Crippen LogP contribution >= 0.6 is 0 Å². The van der Waals surface area contributed by atoms with Crippen LogP contribution in [0.2, 0.25) is 0 Å². The Morgan fingerprint density at radius 1 is 1.10 bits per heavy atom. The number of likely N-dealkylation sites (tertiary alicyclic amines) is 1. The Bertz CT molecular complexity index is 844. The number of hydrogen-bond acceptors (Lipinski definition) is 5. The molecule has 2 heterocycles. The number of ether oxygens (including phenoxy) is 1. The van der Waals surface area contributed by atoms with Crippen LogP contribution in [0.4, 0.5) is 16.2 Å². The zero-order chi connectivity index (χ0) is 22.3. The molecule has 0 radical (unpaired) electrons. The first kappa shape index (κ1) is 22.6. The lowest BCUT2D eigenvalue weighted by Gasteiger charge is -2.34. The number of nitrogens with zero attached hydrogens (tertiary/aromatic N) is 3. The van der Waals surface area contributed by atoms with Crippen molar-refractivity contribution >= 4 is 23.4 Å². The number of nitrogens with one attached hydrogen (secondary N) is 1. The van der Waals surface area contributed by atoms with Gasteiger partial charge < -0.3 is 15.0 Å². The van der Waals surface area contributed by atoms with E-state index in [0.717, 1.165) is 25.1 Å². The number of aromatic nitrogens is 1. The van der Waals surface area contributed by atoms with E-state index in [1.54, 1.807) is 12.4 Å². The molecule has 7 heteroatoms. The van der Waals surface area contributed by atoms with Gasteiger partial charge in [0.2, 0.25) is 5.91 Å². The summed E-state index contributed by atoms with van der Waals surface area (Å²) >= 11 is 0. The number of amides is 2. The second-order valence-corrected chi connectivity index (χ2v) is 8.84. The van der Waals surface area contributed by atoms with Crippen molar-refractivity contribution in [1.29, 1.82) is 0 Å². The first-order chi connectivity index (χ1) is 14.8. The number of piperidine rings is 1. The second-order valence-electron chi connectivity index (χ2n) is 8.84. The van der Waals surface area contributed by atoms with Gasteiger partial charge in [-0.1, -0.05) is 18.2 Å². The summed E-state index contributed by atoms with van der Waals surface area (Å²) in [5.74, 6) is 0.448. The Morgan fingerprint density at radius 3 is 2.35 bits per heavy atom. The maximum atomic E-state index is 13.0. The molecule has 2 amide bonds. The average molecular weight is 425 g/mol. The van der Waals surface area contributed by atoms with E-state index in [-0.39, 0.29) is 12.5 Å². The molecule has 0 atom stereocenters. The fraction of sp³-hybridized carbons (Fsp3) is 0.458. The zero-order valence-electron chi connectivity index (χ0n) is 18.6. The molecular formula is C24H32N4O3. The Balaban J connectivity index is 1.55. The number of rotatable bonds is 6. The van der Waals surface area contributed by atoms with Gasteiger partial charge in [-0.3, -0.25) is 14.7 Å². The summed E-state index contributed by atoms with van der Waals surface area (Å²) < 4.78 is 5.54. The lowest BCUT2D eigenvalue weighted by Crippen LogP contribution is -2.47. The average Bonchev–Trinajstić information content (AvgIpc) is 2.76. The first-order valence-electron chi connectivity index (χ1n) is 10.8. The molecule has 2 aromatic rings. The second kappa shape index (κ2) is 10.3. The highest BCUT2D eigenvalue weighted by molar-refractivity contribution is 5.95. The van der Waals surface area contributed by atoms with Gasteiger partial charge >= 0.3 is 6.09 Å². The van der Waals surface area contributed by atoms with Gasteiger partial charge in [0, 0.05) is 43.4 Å². The standard InChI is InChI=1S/C24H32N4O3/c1-24(2,3)31-23(30)28(21-7-5-4-6-8-21)18-22(29)27-15-11-19(12-16-27)17-26-20-9-13-25-14-10-20/h4-10,13-14,19H,11-12,15-18H2,1-3H3,(H,25,26). The van der Waals surface area contributed by atoms with Crippen LogP contribution in [-0.4, -0.2) is 53.7 Å². The monoisotopic (exact) mass is 424 g/mol. The van der Waals surface area contributed by atoms with Crippen molar-refractivity contribution in [3.63, 3.8) is 0 Å². The number of hydrogen-bond donors (Lipinski definition) is 1. The highest BCUT2D eigenvalue weighted by Crippen LogP contribution is 2.21. The topological polar surface area (TPSA) is 74.8 Å². The van der Waals surface area contributed by atoms with E-state index in [1.165, 1.54) is 4.90 Å². The summed E-state index contributed by atoms with van der Waals surface area (Å²) in [6, 6.07) is 13.1. The van der Waals surface area contributed by atoms with Crippen molar-refractivity contribution < 1.29 is 14.3 Å². The Kier molecular flexibility index (Phi) is 7.50. The number of carbonyl (C=O) groups excluding carboxylic acids is 2. The van der Waals surface area contributed by atoms with E-state index in [9.17, 15) is 9.59 Å². The van der Waals surface area contributed by atoms with Crippen molar-refractivity contribution in [1.82, 2.24) is 9.88 Å². The molecule has 3 rings (SSSR count). The summed E-state index contributed by atoms with van der Waals surface area (Å²) in [7, 11) is 0. The van der Waals surface area contributed by atoms with Crippen LogP contribution in [-0.2, 0) is 9.53 Å². The summed E-state index contributed by atoms with van der Waals surface area (Å²) in [4.78, 5) is 33.1. The summed E-state index contributed by atoms with van der Waals surface area (Å²) in [6.07, 6.45) is 4.89. The largest absolute Gasteiger partial charge is 0.443 e. The molecule has 1 aliphatic heterocycles. The van der Waals surface area contributed by atoms with Crippen LogP contribution < -0.4 is 10.2 Å². The molecule has 0 bridgehead atoms. The van der Waals surface area contributed by atoms with Crippen LogP contribution in [0.3, 0.4) is 0 Å². The molecule has 31 heavy (non-hydrogen) atoms. The van der Waals surface area contributed by atoms with Crippen LogP contribution in [0.1, 0.15) is 33.6 Å². The minimum absolute atomic E-state index is 0.0289. The highest BCUT2D eigenvalue weighted by Gasteiger charge is 2.29. The maximum absolute atomic E-state index is 13.0. The molecule has 0 aliphatic carbocycles. The van der Waals surface area contributed by atoms with Crippen molar-refractivity contribution in [2.75, 3.05) is 36.4 Å². The fourth-order valence-corrected chi connectivity index (χ4v) is 3.54. The Morgan fingerprint density at radius 2 is 1.74 bits per heavy atom. The van der Waals surface area contributed by atoms with Gasteiger partial charge in [0.05, 0.1) is 0 Å². The Hall–Kier alpha value is -3.09. The molecule has 1 aromatic carbocycles. The van der Waals surface area contributed by atoms with Gasteiger partial charge in [0.1, 0.15) is 12.1 Å². The van der Waals surface area contributed by atoms with Gasteiger partial charge in [-0.15, -0.1) is 0 Å². The van der Waals surface area contributed by atoms with E-state index in [1.807, 2.05) is 68.1 Å².